The molecule has 0 saturated heterocycles. The van der Waals surface area contributed by atoms with E-state index in [4.69, 9.17) is 10.5 Å². The molecule has 0 aromatic heterocycles. The Morgan fingerprint density at radius 3 is 2.56 bits per heavy atom. The Kier molecular flexibility index (Phi) is 6.35. The van der Waals surface area contributed by atoms with E-state index in [0.717, 1.165) is 11.8 Å². The number of hydrogen-bond donors (Lipinski definition) is 2. The molecule has 0 unspecified atom stereocenters. The number of nitrogens with one attached hydrogen (secondary N) is 1. The number of nitrogens with two attached hydrogens (primary N) is 1. The molecule has 2 aromatic carbocycles. The van der Waals surface area contributed by atoms with E-state index in [1.54, 1.807) is 31.2 Å². The van der Waals surface area contributed by atoms with Gasteiger partial charge in [0, 0.05) is 22.7 Å². The first kappa shape index (κ1) is 18.3. The number of hydrazone groups is 1. The lowest BCUT2D eigenvalue weighted by molar-refractivity contribution is -0.384. The third-order valence-corrected chi connectivity index (χ3v) is 3.98. The zero-order valence-electron chi connectivity index (χ0n) is 13.3. The molecular formula is C16H16N4O4S. The van der Waals surface area contributed by atoms with E-state index in [9.17, 15) is 14.9 Å². The summed E-state index contributed by atoms with van der Waals surface area (Å²) in [7, 11) is 0. The number of nitrogens with zero attached hydrogens (tertiary/aromatic N) is 2. The minimum absolute atomic E-state index is 0.0356. The van der Waals surface area contributed by atoms with Gasteiger partial charge in [-0.3, -0.25) is 15.5 Å². The van der Waals surface area contributed by atoms with E-state index < -0.39 is 10.9 Å². The average Bonchev–Trinajstić information content (AvgIpc) is 2.60. The van der Waals surface area contributed by atoms with Crippen molar-refractivity contribution in [1.82, 2.24) is 0 Å². The molecule has 8 nitrogen and oxygen atoms in total. The fourth-order valence-electron chi connectivity index (χ4n) is 1.75. The van der Waals surface area contributed by atoms with Gasteiger partial charge in [-0.25, -0.2) is 4.79 Å². The summed E-state index contributed by atoms with van der Waals surface area (Å²) < 4.78 is 4.99. The molecule has 130 valence electrons. The van der Waals surface area contributed by atoms with Gasteiger partial charge in [-0.1, -0.05) is 23.9 Å². The van der Waals surface area contributed by atoms with Crippen molar-refractivity contribution in [3.05, 3.63) is 58.6 Å². The standard InChI is InChI=1S/C16H16N4O4S/c1-2-24-16(21)15(25-14-6-4-3-5-13(14)17)19-18-11-7-9-12(10-8-11)20(22)23/h3-10,18H,2,17H2,1H3. The van der Waals surface area contributed by atoms with Crippen molar-refractivity contribution in [1.29, 1.82) is 0 Å². The van der Waals surface area contributed by atoms with Crippen molar-refractivity contribution >= 4 is 39.8 Å². The van der Waals surface area contributed by atoms with Gasteiger partial charge in [0.05, 0.1) is 17.2 Å². The molecule has 0 atom stereocenters. The lowest BCUT2D eigenvalue weighted by atomic mass is 10.3. The molecule has 0 aliphatic carbocycles. The van der Waals surface area contributed by atoms with Crippen molar-refractivity contribution < 1.29 is 14.5 Å². The van der Waals surface area contributed by atoms with Crippen molar-refractivity contribution in [3.63, 3.8) is 0 Å². The molecule has 0 spiro atoms. The lowest BCUT2D eigenvalue weighted by Crippen LogP contribution is -2.16. The normalized spacial score (nSPS) is 11.0. The highest BCUT2D eigenvalue weighted by Gasteiger charge is 2.16. The van der Waals surface area contributed by atoms with Crippen LogP contribution in [-0.2, 0) is 9.53 Å². The molecule has 0 radical (unpaired) electrons. The topological polar surface area (TPSA) is 120 Å². The van der Waals surface area contributed by atoms with Crippen LogP contribution < -0.4 is 11.2 Å². The Morgan fingerprint density at radius 2 is 1.96 bits per heavy atom. The summed E-state index contributed by atoms with van der Waals surface area (Å²) >= 11 is 1.07. The molecule has 25 heavy (non-hydrogen) atoms. The Morgan fingerprint density at radius 1 is 1.28 bits per heavy atom. The van der Waals surface area contributed by atoms with Crippen LogP contribution in [0.1, 0.15) is 6.92 Å². The molecule has 9 heteroatoms. The average molecular weight is 360 g/mol. The van der Waals surface area contributed by atoms with Gasteiger partial charge >= 0.3 is 5.97 Å². The number of ether oxygens (including phenoxy) is 1. The summed E-state index contributed by atoms with van der Waals surface area (Å²) in [4.78, 5) is 22.9. The molecule has 0 heterocycles. The molecule has 0 amide bonds. The maximum absolute atomic E-state index is 12.1. The van der Waals surface area contributed by atoms with Gasteiger partial charge in [-0.05, 0) is 31.2 Å². The van der Waals surface area contributed by atoms with Crippen LogP contribution in [0.5, 0.6) is 0 Å². The highest BCUT2D eigenvalue weighted by atomic mass is 32.2. The number of anilines is 2. The van der Waals surface area contributed by atoms with Crippen LogP contribution in [0.15, 0.2) is 58.5 Å². The number of para-hydroxylation sites is 1. The highest BCUT2D eigenvalue weighted by molar-refractivity contribution is 8.15. The Labute approximate surface area is 148 Å². The number of benzene rings is 2. The van der Waals surface area contributed by atoms with Gasteiger partial charge < -0.3 is 10.5 Å². The van der Waals surface area contributed by atoms with E-state index in [0.29, 0.717) is 16.3 Å². The van der Waals surface area contributed by atoms with E-state index in [1.165, 1.54) is 24.3 Å². The van der Waals surface area contributed by atoms with Gasteiger partial charge in [0.1, 0.15) is 0 Å². The summed E-state index contributed by atoms with van der Waals surface area (Å²) in [6.07, 6.45) is 0. The third-order valence-electron chi connectivity index (χ3n) is 2.94. The quantitative estimate of drug-likeness (QED) is 0.160. The Bertz CT molecular complexity index is 793. The number of hydrogen-bond acceptors (Lipinski definition) is 8. The lowest BCUT2D eigenvalue weighted by Gasteiger charge is -2.08. The second-order valence-electron chi connectivity index (χ2n) is 4.69. The largest absolute Gasteiger partial charge is 0.461 e. The summed E-state index contributed by atoms with van der Waals surface area (Å²) in [6, 6.07) is 12.7. The van der Waals surface area contributed by atoms with Gasteiger partial charge in [-0.15, -0.1) is 0 Å². The predicted molar refractivity (Wildman–Crippen MR) is 97.5 cm³/mol. The first-order chi connectivity index (χ1) is 12.0. The molecular weight excluding hydrogens is 344 g/mol. The number of carbonyl (C=O) groups is 1. The fraction of sp³-hybridized carbons (Fsp3) is 0.125. The number of rotatable bonds is 5. The summed E-state index contributed by atoms with van der Waals surface area (Å²) in [5.41, 5.74) is 9.55. The number of nitro groups is 1. The number of nitrogen functional groups attached to an aromatic ring is 1. The molecule has 0 saturated carbocycles. The van der Waals surface area contributed by atoms with E-state index in [2.05, 4.69) is 10.5 Å². The molecule has 0 aliphatic rings. The van der Waals surface area contributed by atoms with E-state index in [1.807, 2.05) is 0 Å². The van der Waals surface area contributed by atoms with Crippen molar-refractivity contribution in [3.8, 4) is 0 Å². The van der Waals surface area contributed by atoms with E-state index >= 15 is 0 Å². The van der Waals surface area contributed by atoms with E-state index in [-0.39, 0.29) is 17.3 Å². The molecule has 2 rings (SSSR count). The zero-order valence-corrected chi connectivity index (χ0v) is 14.2. The van der Waals surface area contributed by atoms with Crippen LogP contribution in [0.25, 0.3) is 0 Å². The number of nitro benzene ring substituents is 1. The van der Waals surface area contributed by atoms with Gasteiger partial charge in [0.25, 0.3) is 5.69 Å². The van der Waals surface area contributed by atoms with Crippen LogP contribution >= 0.6 is 11.8 Å². The fourth-order valence-corrected chi connectivity index (χ4v) is 2.53. The second kappa shape index (κ2) is 8.69. The molecule has 3 N–H and O–H groups in total. The van der Waals surface area contributed by atoms with Crippen molar-refractivity contribution in [2.75, 3.05) is 17.8 Å². The molecule has 2 aromatic rings. The minimum Gasteiger partial charge on any atom is -0.461 e. The Hall–Kier alpha value is -3.07. The first-order valence-corrected chi connectivity index (χ1v) is 8.10. The maximum atomic E-state index is 12.1. The Balaban J connectivity index is 2.19. The monoisotopic (exact) mass is 360 g/mol. The van der Waals surface area contributed by atoms with Crippen LogP contribution in [0.3, 0.4) is 0 Å². The number of carbonyl (C=O) groups excluding carboxylic acids is 1. The third kappa shape index (κ3) is 5.21. The molecule has 0 bridgehead atoms. The van der Waals surface area contributed by atoms with Crippen LogP contribution in [0.2, 0.25) is 0 Å². The molecule has 0 aliphatic heterocycles. The van der Waals surface area contributed by atoms with Crippen LogP contribution in [-0.4, -0.2) is 22.5 Å². The molecule has 0 fully saturated rings. The first-order valence-electron chi connectivity index (χ1n) is 7.29. The smallest absolute Gasteiger partial charge is 0.365 e. The summed E-state index contributed by atoms with van der Waals surface area (Å²) in [6.45, 7) is 1.90. The second-order valence-corrected chi connectivity index (χ2v) is 5.72. The number of thioether (sulfide) groups is 1. The van der Waals surface area contributed by atoms with Crippen molar-refractivity contribution in [2.45, 2.75) is 11.8 Å². The summed E-state index contributed by atoms with van der Waals surface area (Å²) in [5, 5.41) is 14.8. The van der Waals surface area contributed by atoms with Crippen LogP contribution in [0, 0.1) is 10.1 Å². The minimum atomic E-state index is -0.592. The SMILES string of the molecule is CCOC(=O)C(=NNc1ccc([N+](=O)[O-])cc1)Sc1ccccc1N. The van der Waals surface area contributed by atoms with Crippen LogP contribution in [0.4, 0.5) is 17.1 Å². The maximum Gasteiger partial charge on any atom is 0.365 e. The highest BCUT2D eigenvalue weighted by Crippen LogP contribution is 2.26. The van der Waals surface area contributed by atoms with Crippen molar-refractivity contribution in [2.24, 2.45) is 5.10 Å². The summed E-state index contributed by atoms with van der Waals surface area (Å²) in [5.74, 6) is -0.592. The zero-order chi connectivity index (χ0) is 18.2. The van der Waals surface area contributed by atoms with Gasteiger partial charge in [0.2, 0.25) is 5.04 Å². The van der Waals surface area contributed by atoms with Gasteiger partial charge in [-0.2, -0.15) is 5.10 Å². The predicted octanol–water partition coefficient (Wildman–Crippen LogP) is 3.26. The van der Waals surface area contributed by atoms with Gasteiger partial charge in [0.15, 0.2) is 0 Å². The number of esters is 1. The number of non-ortho nitro benzene ring substituents is 1.